The van der Waals surface area contributed by atoms with Crippen molar-refractivity contribution in [3.63, 3.8) is 0 Å². The number of aliphatic hydroxyl groups excluding tert-OH is 3. The summed E-state index contributed by atoms with van der Waals surface area (Å²) in [5, 5.41) is 31.4. The van der Waals surface area contributed by atoms with Crippen LogP contribution in [0.25, 0.3) is 10.9 Å². The first kappa shape index (κ1) is 19.0. The highest BCUT2D eigenvalue weighted by Gasteiger charge is 2.45. The molecule has 2 aliphatic rings. The molecular weight excluding hydrogens is 395 g/mol. The molecule has 2 aliphatic heterocycles. The van der Waals surface area contributed by atoms with Crippen LogP contribution in [0, 0.1) is 0 Å². The molecule has 4 atom stereocenters. The molecular formula is C18H20Cl2N2O5. The molecule has 0 spiro atoms. The third-order valence-corrected chi connectivity index (χ3v) is 6.07. The van der Waals surface area contributed by atoms with Crippen molar-refractivity contribution in [1.82, 2.24) is 4.57 Å². The molecule has 3 N–H and O–H groups in total. The fourth-order valence-corrected chi connectivity index (χ4v) is 4.36. The molecule has 3 heterocycles. The Morgan fingerprint density at radius 1 is 1.15 bits per heavy atom. The van der Waals surface area contributed by atoms with E-state index >= 15 is 0 Å². The minimum Gasteiger partial charge on any atom is -0.394 e. The number of aliphatic hydroxyl groups is 3. The number of carbonyl (C=O) groups excluding carboxylic acids is 1. The van der Waals surface area contributed by atoms with Crippen molar-refractivity contribution in [2.24, 2.45) is 0 Å². The number of hydrogen-bond donors (Lipinski definition) is 3. The maximum absolute atomic E-state index is 12.0. The molecule has 0 aliphatic carbocycles. The summed E-state index contributed by atoms with van der Waals surface area (Å²) in [6.45, 7) is 1.08. The molecule has 2 fully saturated rings. The maximum atomic E-state index is 12.0. The largest absolute Gasteiger partial charge is 0.394 e. The average molecular weight is 415 g/mol. The van der Waals surface area contributed by atoms with Gasteiger partial charge in [0.25, 0.3) is 0 Å². The Balaban J connectivity index is 1.98. The van der Waals surface area contributed by atoms with Gasteiger partial charge in [0.1, 0.15) is 24.1 Å². The first-order valence-corrected chi connectivity index (χ1v) is 9.59. The summed E-state index contributed by atoms with van der Waals surface area (Å²) in [4.78, 5) is 14.0. The summed E-state index contributed by atoms with van der Waals surface area (Å²) in [6, 6.07) is 3.25. The second-order valence-corrected chi connectivity index (χ2v) is 7.75. The topological polar surface area (TPSA) is 95.2 Å². The second kappa shape index (κ2) is 7.24. The number of ether oxygens (including phenoxy) is 1. The van der Waals surface area contributed by atoms with Gasteiger partial charge >= 0.3 is 0 Å². The number of aromatic nitrogens is 1. The molecule has 1 aromatic heterocycles. The Labute approximate surface area is 165 Å². The molecule has 7 nitrogen and oxygen atoms in total. The van der Waals surface area contributed by atoms with E-state index in [2.05, 4.69) is 4.90 Å². The first-order chi connectivity index (χ1) is 13.0. The molecule has 0 bridgehead atoms. The van der Waals surface area contributed by atoms with Crippen LogP contribution in [-0.2, 0) is 4.74 Å². The predicted octanol–water partition coefficient (Wildman–Crippen LogP) is 1.97. The van der Waals surface area contributed by atoms with Gasteiger partial charge in [-0.1, -0.05) is 23.2 Å². The van der Waals surface area contributed by atoms with Crippen molar-refractivity contribution in [1.29, 1.82) is 0 Å². The van der Waals surface area contributed by atoms with E-state index in [1.165, 1.54) is 0 Å². The zero-order valence-electron chi connectivity index (χ0n) is 14.4. The highest BCUT2D eigenvalue weighted by molar-refractivity contribution is 6.43. The molecule has 2 saturated heterocycles. The van der Waals surface area contributed by atoms with Gasteiger partial charge in [-0.25, -0.2) is 0 Å². The number of rotatable bonds is 4. The summed E-state index contributed by atoms with van der Waals surface area (Å²) in [7, 11) is 0. The van der Waals surface area contributed by atoms with E-state index in [1.807, 2.05) is 0 Å². The first-order valence-electron chi connectivity index (χ1n) is 8.83. The Bertz CT molecular complexity index is 880. The summed E-state index contributed by atoms with van der Waals surface area (Å²) in [6.07, 6.45) is -1.68. The molecule has 1 aromatic carbocycles. The number of halogens is 2. The van der Waals surface area contributed by atoms with Gasteiger partial charge in [0.05, 0.1) is 27.7 Å². The maximum Gasteiger partial charge on any atom is 0.164 e. The van der Waals surface area contributed by atoms with Gasteiger partial charge in [0.2, 0.25) is 0 Å². The van der Waals surface area contributed by atoms with E-state index in [4.69, 9.17) is 27.9 Å². The molecule has 9 heteroatoms. The van der Waals surface area contributed by atoms with E-state index in [0.717, 1.165) is 32.2 Å². The molecule has 0 amide bonds. The van der Waals surface area contributed by atoms with E-state index in [0.29, 0.717) is 32.3 Å². The molecule has 0 radical (unpaired) electrons. The van der Waals surface area contributed by atoms with Crippen molar-refractivity contribution in [3.05, 3.63) is 27.7 Å². The van der Waals surface area contributed by atoms with E-state index in [1.54, 1.807) is 16.7 Å². The summed E-state index contributed by atoms with van der Waals surface area (Å²) >= 11 is 12.4. The number of nitrogens with zero attached hydrogens (tertiary/aromatic N) is 2. The van der Waals surface area contributed by atoms with Gasteiger partial charge in [-0.3, -0.25) is 9.36 Å². The summed E-state index contributed by atoms with van der Waals surface area (Å²) in [5.74, 6) is 0.602. The molecule has 146 valence electrons. The Morgan fingerprint density at radius 2 is 1.81 bits per heavy atom. The number of carbonyl (C=O) groups is 1. The lowest BCUT2D eigenvalue weighted by molar-refractivity contribution is -0.0500. The van der Waals surface area contributed by atoms with Crippen LogP contribution in [0.1, 0.15) is 29.4 Å². The Morgan fingerprint density at radius 3 is 2.41 bits per heavy atom. The average Bonchev–Trinajstić information content (AvgIpc) is 3.34. The van der Waals surface area contributed by atoms with Crippen molar-refractivity contribution >= 4 is 46.2 Å². The number of hydrogen-bond acceptors (Lipinski definition) is 6. The van der Waals surface area contributed by atoms with Crippen LogP contribution in [0.2, 0.25) is 10.0 Å². The fraction of sp³-hybridized carbons (Fsp3) is 0.500. The normalized spacial score (nSPS) is 28.4. The summed E-state index contributed by atoms with van der Waals surface area (Å²) in [5.41, 5.74) is 1.01. The van der Waals surface area contributed by atoms with Crippen molar-refractivity contribution in [3.8, 4) is 0 Å². The van der Waals surface area contributed by atoms with Crippen molar-refractivity contribution in [2.75, 3.05) is 24.6 Å². The van der Waals surface area contributed by atoms with Crippen LogP contribution >= 0.6 is 23.2 Å². The number of anilines is 1. The lowest BCUT2D eigenvalue weighted by atomic mass is 10.1. The summed E-state index contributed by atoms with van der Waals surface area (Å²) < 4.78 is 7.44. The van der Waals surface area contributed by atoms with Gasteiger partial charge in [-0.2, -0.15) is 0 Å². The molecule has 2 aromatic rings. The highest BCUT2D eigenvalue weighted by atomic mass is 35.5. The van der Waals surface area contributed by atoms with E-state index in [9.17, 15) is 20.1 Å². The third-order valence-electron chi connectivity index (χ3n) is 5.35. The smallest absolute Gasteiger partial charge is 0.164 e. The minimum atomic E-state index is -1.27. The van der Waals surface area contributed by atoms with Gasteiger partial charge in [0, 0.05) is 18.5 Å². The molecule has 0 saturated carbocycles. The van der Waals surface area contributed by atoms with Crippen LogP contribution in [-0.4, -0.2) is 64.2 Å². The SMILES string of the molecule is O=Cc1c(N2CCCC2)n([C@@H]2O[C@H](CO)C(O)C2O)c2cc(Cl)c(Cl)cc12. The van der Waals surface area contributed by atoms with Gasteiger partial charge < -0.3 is 25.0 Å². The fourth-order valence-electron chi connectivity index (χ4n) is 4.03. The zero-order valence-corrected chi connectivity index (χ0v) is 15.9. The van der Waals surface area contributed by atoms with Crippen LogP contribution in [0.3, 0.4) is 0 Å². The van der Waals surface area contributed by atoms with Crippen molar-refractivity contribution in [2.45, 2.75) is 37.4 Å². The standard InChI is InChI=1S/C18H20Cl2N2O5/c19-11-5-9-10(7-23)17(21-3-1-2-4-21)22(13(9)6-12(11)20)18-16(26)15(25)14(8-24)27-18/h5-7,14-16,18,24-26H,1-4,8H2/t14-,15?,16?,18-/m1/s1. The molecule has 2 unspecified atom stereocenters. The Kier molecular flexibility index (Phi) is 5.09. The monoisotopic (exact) mass is 414 g/mol. The number of fused-ring (bicyclic) bond motifs is 1. The van der Waals surface area contributed by atoms with Gasteiger partial charge in [0.15, 0.2) is 12.5 Å². The quantitative estimate of drug-likeness (QED) is 0.662. The van der Waals surface area contributed by atoms with Crippen molar-refractivity contribution < 1.29 is 24.9 Å². The number of aldehydes is 1. The van der Waals surface area contributed by atoms with Crippen LogP contribution in [0.5, 0.6) is 0 Å². The van der Waals surface area contributed by atoms with Gasteiger partial charge in [-0.05, 0) is 25.0 Å². The Hall–Kier alpha value is -1.35. The third kappa shape index (κ3) is 2.93. The van der Waals surface area contributed by atoms with Crippen LogP contribution < -0.4 is 4.90 Å². The molecule has 4 rings (SSSR count). The van der Waals surface area contributed by atoms with Crippen LogP contribution in [0.4, 0.5) is 5.82 Å². The minimum absolute atomic E-state index is 0.306. The lowest BCUT2D eigenvalue weighted by Crippen LogP contribution is -2.33. The zero-order chi connectivity index (χ0) is 19.3. The number of benzene rings is 1. The van der Waals surface area contributed by atoms with E-state index in [-0.39, 0.29) is 0 Å². The van der Waals surface area contributed by atoms with E-state index < -0.39 is 31.1 Å². The highest BCUT2D eigenvalue weighted by Crippen LogP contribution is 2.43. The second-order valence-electron chi connectivity index (χ2n) is 6.93. The lowest BCUT2D eigenvalue weighted by Gasteiger charge is -2.26. The van der Waals surface area contributed by atoms with Crippen LogP contribution in [0.15, 0.2) is 12.1 Å². The molecule has 27 heavy (non-hydrogen) atoms. The predicted molar refractivity (Wildman–Crippen MR) is 102 cm³/mol. The van der Waals surface area contributed by atoms with Gasteiger partial charge in [-0.15, -0.1) is 0 Å².